The Morgan fingerprint density at radius 1 is 1.10 bits per heavy atom. The number of hydrogen-bond acceptors (Lipinski definition) is 12. The van der Waals surface area contributed by atoms with E-state index in [-0.39, 0.29) is 12.0 Å². The molecule has 0 radical (unpaired) electrons. The minimum absolute atomic E-state index is 0.224. The molecule has 3 fully saturated rings. The van der Waals surface area contributed by atoms with Crippen LogP contribution in [0, 0.1) is 11.8 Å². The van der Waals surface area contributed by atoms with Crippen LogP contribution in [0.15, 0.2) is 11.8 Å². The van der Waals surface area contributed by atoms with Gasteiger partial charge < -0.3 is 54.0 Å². The molecule has 29 heavy (non-hydrogen) atoms. The molecule has 0 amide bonds. The van der Waals surface area contributed by atoms with Crippen LogP contribution >= 0.6 is 0 Å². The molecule has 11 atom stereocenters. The predicted octanol–water partition coefficient (Wildman–Crippen LogP) is -3.09. The molecule has 4 rings (SSSR count). The molecular formula is C17H24O12. The van der Waals surface area contributed by atoms with Crippen molar-refractivity contribution < 1.29 is 58.7 Å². The molecule has 0 unspecified atom stereocenters. The first-order valence-electron chi connectivity index (χ1n) is 9.24. The van der Waals surface area contributed by atoms with Crippen molar-refractivity contribution in [1.82, 2.24) is 0 Å². The van der Waals surface area contributed by atoms with Gasteiger partial charge in [0.05, 0.1) is 31.5 Å². The monoisotopic (exact) mass is 420 g/mol. The van der Waals surface area contributed by atoms with Crippen LogP contribution in [0.25, 0.3) is 0 Å². The lowest BCUT2D eigenvalue weighted by molar-refractivity contribution is -0.348. The number of aliphatic hydroxyl groups excluding tert-OH is 5. The van der Waals surface area contributed by atoms with Gasteiger partial charge in [0.25, 0.3) is 0 Å². The number of aliphatic hydroxyl groups is 5. The molecule has 0 aromatic rings. The molecule has 0 aromatic heterocycles. The molecule has 0 saturated carbocycles. The van der Waals surface area contributed by atoms with E-state index in [9.17, 15) is 30.3 Å². The summed E-state index contributed by atoms with van der Waals surface area (Å²) >= 11 is 0. The molecule has 0 aromatic carbocycles. The minimum atomic E-state index is -1.64. The first kappa shape index (κ1) is 20.9. The highest BCUT2D eigenvalue weighted by molar-refractivity contribution is 5.88. The summed E-state index contributed by atoms with van der Waals surface area (Å²) in [7, 11) is 1.23. The standard InChI is InChI=1S/C17H24O12/c1-24-14(22)6-4-25-16(9-5(6)2-8-27-13(9)15(23)28-8)29-17-12(21)11(20)10(19)7(3-18)26-17/h4-5,7-13,15-21,23H,2-3H2,1H3/t5-,7+,8+,9+,10+,11-,12+,13+,15-,16+,17-/m1/s1. The van der Waals surface area contributed by atoms with E-state index in [2.05, 4.69) is 0 Å². The van der Waals surface area contributed by atoms with E-state index in [0.717, 1.165) is 0 Å². The zero-order valence-electron chi connectivity index (χ0n) is 15.4. The van der Waals surface area contributed by atoms with Crippen LogP contribution < -0.4 is 0 Å². The van der Waals surface area contributed by atoms with Gasteiger partial charge in [0, 0.05) is 12.3 Å². The van der Waals surface area contributed by atoms with Gasteiger partial charge in [-0.3, -0.25) is 0 Å². The van der Waals surface area contributed by atoms with Gasteiger partial charge in [-0.05, 0) is 0 Å². The molecule has 4 heterocycles. The lowest BCUT2D eigenvalue weighted by Crippen LogP contribution is -2.61. The molecule has 0 aliphatic carbocycles. The van der Waals surface area contributed by atoms with Crippen molar-refractivity contribution in [3.63, 3.8) is 0 Å². The molecule has 4 aliphatic rings. The molecule has 4 aliphatic heterocycles. The Hall–Kier alpha value is -1.35. The zero-order chi connectivity index (χ0) is 20.9. The Morgan fingerprint density at radius 2 is 1.86 bits per heavy atom. The Kier molecular flexibility index (Phi) is 5.81. The fourth-order valence-electron chi connectivity index (χ4n) is 4.24. The summed E-state index contributed by atoms with van der Waals surface area (Å²) in [4.78, 5) is 12.1. The van der Waals surface area contributed by atoms with E-state index < -0.39 is 80.1 Å². The largest absolute Gasteiger partial charge is 0.471 e. The quantitative estimate of drug-likeness (QED) is 0.291. The van der Waals surface area contributed by atoms with Gasteiger partial charge in [-0.25, -0.2) is 4.79 Å². The van der Waals surface area contributed by atoms with E-state index >= 15 is 0 Å². The average molecular weight is 420 g/mol. The van der Waals surface area contributed by atoms with Gasteiger partial charge in [-0.1, -0.05) is 0 Å². The van der Waals surface area contributed by atoms with E-state index in [4.69, 9.17) is 28.4 Å². The number of rotatable bonds is 4. The smallest absolute Gasteiger partial charge is 0.337 e. The Balaban J connectivity index is 1.58. The maximum Gasteiger partial charge on any atom is 0.337 e. The van der Waals surface area contributed by atoms with Crippen molar-refractivity contribution >= 4 is 5.97 Å². The topological polar surface area (TPSA) is 174 Å². The van der Waals surface area contributed by atoms with Crippen LogP contribution in [0.5, 0.6) is 0 Å². The molecule has 164 valence electrons. The average Bonchev–Trinajstić information content (AvgIpc) is 3.01. The molecule has 2 bridgehead atoms. The van der Waals surface area contributed by atoms with Gasteiger partial charge >= 0.3 is 5.97 Å². The molecule has 12 heteroatoms. The molecule has 0 spiro atoms. The molecular weight excluding hydrogens is 396 g/mol. The molecule has 3 saturated heterocycles. The highest BCUT2D eigenvalue weighted by atomic mass is 16.8. The number of hydrogen-bond donors (Lipinski definition) is 5. The third-order valence-electron chi connectivity index (χ3n) is 5.75. The van der Waals surface area contributed by atoms with E-state index in [1.807, 2.05) is 0 Å². The first-order valence-corrected chi connectivity index (χ1v) is 9.24. The van der Waals surface area contributed by atoms with Crippen LogP contribution in [-0.4, -0.2) is 101 Å². The Morgan fingerprint density at radius 3 is 2.55 bits per heavy atom. The Labute approximate surface area is 165 Å². The van der Waals surface area contributed by atoms with Gasteiger partial charge in [-0.2, -0.15) is 0 Å². The lowest BCUT2D eigenvalue weighted by Gasteiger charge is -2.45. The Bertz CT molecular complexity index is 652. The number of carbonyl (C=O) groups excluding carboxylic acids is 1. The van der Waals surface area contributed by atoms with Gasteiger partial charge in [0.15, 0.2) is 18.9 Å². The normalized spacial score (nSPS) is 49.0. The van der Waals surface area contributed by atoms with Crippen LogP contribution in [0.2, 0.25) is 0 Å². The van der Waals surface area contributed by atoms with Crippen molar-refractivity contribution in [2.45, 2.75) is 62.1 Å². The van der Waals surface area contributed by atoms with Crippen molar-refractivity contribution in [3.05, 3.63) is 11.8 Å². The maximum atomic E-state index is 12.1. The zero-order valence-corrected chi connectivity index (χ0v) is 15.4. The summed E-state index contributed by atoms with van der Waals surface area (Å²) in [5, 5.41) is 49.6. The fourth-order valence-corrected chi connectivity index (χ4v) is 4.24. The summed E-state index contributed by atoms with van der Waals surface area (Å²) < 4.78 is 32.3. The number of methoxy groups -OCH3 is 1. The van der Waals surface area contributed by atoms with Gasteiger partial charge in [0.2, 0.25) is 6.29 Å². The molecule has 5 N–H and O–H groups in total. The van der Waals surface area contributed by atoms with Crippen LogP contribution in [0.4, 0.5) is 0 Å². The van der Waals surface area contributed by atoms with E-state index in [0.29, 0.717) is 0 Å². The summed E-state index contributed by atoms with van der Waals surface area (Å²) in [5.74, 6) is -1.83. The van der Waals surface area contributed by atoms with Crippen molar-refractivity contribution in [2.24, 2.45) is 11.8 Å². The summed E-state index contributed by atoms with van der Waals surface area (Å²) in [6.07, 6.45) is -10.0. The summed E-state index contributed by atoms with van der Waals surface area (Å²) in [6.45, 7) is -0.616. The second-order valence-electron chi connectivity index (χ2n) is 7.38. The second kappa shape index (κ2) is 8.06. The summed E-state index contributed by atoms with van der Waals surface area (Å²) in [6, 6.07) is 0. The number of carbonyl (C=O) groups is 1. The number of fused-ring (bicyclic) bond motifs is 4. The first-order chi connectivity index (χ1) is 13.8. The minimum Gasteiger partial charge on any atom is -0.471 e. The lowest BCUT2D eigenvalue weighted by atomic mass is 9.77. The SMILES string of the molecule is COC(=O)C1=CO[C@@H](O[C@H]2O[C@@H](CO)[C@H](O)[C@@H](O)[C@@H]2O)[C@@H]2[C@@H]3O[C@H](C[C@H]12)O[C@H]3O. The third kappa shape index (κ3) is 3.54. The predicted molar refractivity (Wildman–Crippen MR) is 87.2 cm³/mol. The van der Waals surface area contributed by atoms with Crippen LogP contribution in [0.1, 0.15) is 6.42 Å². The number of esters is 1. The summed E-state index contributed by atoms with van der Waals surface area (Å²) in [5.41, 5.74) is 0.224. The van der Waals surface area contributed by atoms with Crippen LogP contribution in [-0.2, 0) is 33.2 Å². The maximum absolute atomic E-state index is 12.1. The van der Waals surface area contributed by atoms with Crippen molar-refractivity contribution in [1.29, 1.82) is 0 Å². The molecule has 12 nitrogen and oxygen atoms in total. The van der Waals surface area contributed by atoms with E-state index in [1.54, 1.807) is 0 Å². The highest BCUT2D eigenvalue weighted by Gasteiger charge is 2.57. The second-order valence-corrected chi connectivity index (χ2v) is 7.38. The van der Waals surface area contributed by atoms with Crippen molar-refractivity contribution in [2.75, 3.05) is 13.7 Å². The van der Waals surface area contributed by atoms with E-state index in [1.165, 1.54) is 13.4 Å². The fraction of sp³-hybridized carbons (Fsp3) is 0.824. The van der Waals surface area contributed by atoms with Crippen LogP contribution in [0.3, 0.4) is 0 Å². The van der Waals surface area contributed by atoms with Crippen molar-refractivity contribution in [3.8, 4) is 0 Å². The highest BCUT2D eigenvalue weighted by Crippen LogP contribution is 2.47. The van der Waals surface area contributed by atoms with Gasteiger partial charge in [-0.15, -0.1) is 0 Å². The third-order valence-corrected chi connectivity index (χ3v) is 5.75. The van der Waals surface area contributed by atoms with Gasteiger partial charge in [0.1, 0.15) is 30.5 Å². The number of ether oxygens (including phenoxy) is 6.